The Kier molecular flexibility index (Phi) is 4.45. The highest BCUT2D eigenvalue weighted by Gasteiger charge is 2.16. The topological polar surface area (TPSA) is 82.5 Å². The summed E-state index contributed by atoms with van der Waals surface area (Å²) >= 11 is 0. The standard InChI is InChI=1S/C12H18N2O3/c1-12(2,5-6-15)8-14-10-4-3-9(7-13-10)11(16)17/h3-4,7,15H,5-6,8H2,1-2H3,(H,13,14)(H,16,17). The van der Waals surface area contributed by atoms with Crippen LogP contribution in [-0.4, -0.2) is 34.3 Å². The van der Waals surface area contributed by atoms with Gasteiger partial charge in [0.25, 0.3) is 0 Å². The molecular formula is C12H18N2O3. The summed E-state index contributed by atoms with van der Waals surface area (Å²) in [6, 6.07) is 3.15. The second-order valence-corrected chi connectivity index (χ2v) is 4.73. The fourth-order valence-electron chi connectivity index (χ4n) is 1.35. The second kappa shape index (κ2) is 5.63. The zero-order valence-corrected chi connectivity index (χ0v) is 10.1. The Hall–Kier alpha value is -1.62. The minimum absolute atomic E-state index is 0.0259. The summed E-state index contributed by atoms with van der Waals surface area (Å²) in [6.07, 6.45) is 2.02. The molecule has 1 rings (SSSR count). The van der Waals surface area contributed by atoms with E-state index in [1.807, 2.05) is 13.8 Å². The third kappa shape index (κ3) is 4.40. The predicted molar refractivity (Wildman–Crippen MR) is 65.2 cm³/mol. The Labute approximate surface area is 101 Å². The number of carboxylic acid groups (broad SMARTS) is 1. The number of pyridine rings is 1. The number of nitrogens with zero attached hydrogens (tertiary/aromatic N) is 1. The molecular weight excluding hydrogens is 220 g/mol. The third-order valence-corrected chi connectivity index (χ3v) is 2.55. The minimum Gasteiger partial charge on any atom is -0.478 e. The molecule has 1 heterocycles. The summed E-state index contributed by atoms with van der Waals surface area (Å²) < 4.78 is 0. The van der Waals surface area contributed by atoms with E-state index in [0.29, 0.717) is 18.8 Å². The third-order valence-electron chi connectivity index (χ3n) is 2.55. The maximum absolute atomic E-state index is 10.6. The molecule has 5 nitrogen and oxygen atoms in total. The van der Waals surface area contributed by atoms with Crippen LogP contribution in [-0.2, 0) is 0 Å². The van der Waals surface area contributed by atoms with Gasteiger partial charge in [-0.15, -0.1) is 0 Å². The maximum atomic E-state index is 10.6. The number of aliphatic hydroxyl groups excluding tert-OH is 1. The van der Waals surface area contributed by atoms with Gasteiger partial charge in [0.1, 0.15) is 5.82 Å². The first kappa shape index (κ1) is 13.4. The van der Waals surface area contributed by atoms with Gasteiger partial charge in [-0.2, -0.15) is 0 Å². The lowest BCUT2D eigenvalue weighted by Gasteiger charge is -2.24. The fraction of sp³-hybridized carbons (Fsp3) is 0.500. The number of hydrogen-bond acceptors (Lipinski definition) is 4. The van der Waals surface area contributed by atoms with Crippen LogP contribution in [0.25, 0.3) is 0 Å². The molecule has 0 amide bonds. The molecule has 0 aliphatic rings. The van der Waals surface area contributed by atoms with Crippen LogP contribution in [0.15, 0.2) is 18.3 Å². The zero-order chi connectivity index (χ0) is 12.9. The summed E-state index contributed by atoms with van der Waals surface area (Å²) in [6.45, 7) is 4.91. The van der Waals surface area contributed by atoms with Gasteiger partial charge >= 0.3 is 5.97 Å². The number of aromatic nitrogens is 1. The van der Waals surface area contributed by atoms with Crippen molar-refractivity contribution < 1.29 is 15.0 Å². The van der Waals surface area contributed by atoms with Gasteiger partial charge in [0, 0.05) is 19.3 Å². The van der Waals surface area contributed by atoms with Crippen molar-refractivity contribution in [2.45, 2.75) is 20.3 Å². The number of carboxylic acids is 1. The van der Waals surface area contributed by atoms with E-state index in [4.69, 9.17) is 10.2 Å². The monoisotopic (exact) mass is 238 g/mol. The van der Waals surface area contributed by atoms with Crippen molar-refractivity contribution in [2.75, 3.05) is 18.5 Å². The molecule has 0 fully saturated rings. The van der Waals surface area contributed by atoms with E-state index in [1.165, 1.54) is 12.3 Å². The number of aliphatic hydroxyl groups is 1. The predicted octanol–water partition coefficient (Wildman–Crippen LogP) is 1.60. The molecule has 0 aliphatic heterocycles. The summed E-state index contributed by atoms with van der Waals surface area (Å²) in [5, 5.41) is 20.7. The minimum atomic E-state index is -0.982. The molecule has 94 valence electrons. The number of nitrogens with one attached hydrogen (secondary N) is 1. The van der Waals surface area contributed by atoms with E-state index in [1.54, 1.807) is 6.07 Å². The molecule has 0 saturated heterocycles. The maximum Gasteiger partial charge on any atom is 0.337 e. The van der Waals surface area contributed by atoms with Crippen molar-refractivity contribution >= 4 is 11.8 Å². The molecule has 0 atom stereocenters. The molecule has 3 N–H and O–H groups in total. The van der Waals surface area contributed by atoms with Gasteiger partial charge in [-0.3, -0.25) is 0 Å². The van der Waals surface area contributed by atoms with Crippen LogP contribution in [0.5, 0.6) is 0 Å². The average Bonchev–Trinajstić information content (AvgIpc) is 2.27. The highest BCUT2D eigenvalue weighted by molar-refractivity contribution is 5.87. The van der Waals surface area contributed by atoms with Gasteiger partial charge in [0.05, 0.1) is 5.56 Å². The van der Waals surface area contributed by atoms with Gasteiger partial charge in [-0.05, 0) is 24.0 Å². The van der Waals surface area contributed by atoms with Gasteiger partial charge in [-0.25, -0.2) is 9.78 Å². The lowest BCUT2D eigenvalue weighted by atomic mass is 9.90. The first-order valence-corrected chi connectivity index (χ1v) is 5.49. The molecule has 0 bridgehead atoms. The van der Waals surface area contributed by atoms with E-state index in [0.717, 1.165) is 0 Å². The lowest BCUT2D eigenvalue weighted by Crippen LogP contribution is -2.24. The summed E-state index contributed by atoms with van der Waals surface area (Å²) in [4.78, 5) is 14.6. The summed E-state index contributed by atoms with van der Waals surface area (Å²) in [7, 11) is 0. The SMILES string of the molecule is CC(C)(CCO)CNc1ccc(C(=O)O)cn1. The Balaban J connectivity index is 2.55. The van der Waals surface area contributed by atoms with Crippen LogP contribution in [0, 0.1) is 5.41 Å². The van der Waals surface area contributed by atoms with Crippen molar-refractivity contribution in [3.05, 3.63) is 23.9 Å². The zero-order valence-electron chi connectivity index (χ0n) is 10.1. The lowest BCUT2D eigenvalue weighted by molar-refractivity contribution is 0.0696. The van der Waals surface area contributed by atoms with E-state index in [9.17, 15) is 4.79 Å². The van der Waals surface area contributed by atoms with Crippen molar-refractivity contribution in [1.29, 1.82) is 0 Å². The van der Waals surface area contributed by atoms with E-state index < -0.39 is 5.97 Å². The van der Waals surface area contributed by atoms with Crippen LogP contribution < -0.4 is 5.32 Å². The molecule has 17 heavy (non-hydrogen) atoms. The highest BCUT2D eigenvalue weighted by Crippen LogP contribution is 2.20. The largest absolute Gasteiger partial charge is 0.478 e. The van der Waals surface area contributed by atoms with Gasteiger partial charge < -0.3 is 15.5 Å². The number of aromatic carboxylic acids is 1. The van der Waals surface area contributed by atoms with E-state index >= 15 is 0 Å². The van der Waals surface area contributed by atoms with Crippen molar-refractivity contribution in [2.24, 2.45) is 5.41 Å². The first-order valence-electron chi connectivity index (χ1n) is 5.49. The van der Waals surface area contributed by atoms with Gasteiger partial charge in [0.2, 0.25) is 0 Å². The molecule has 0 saturated carbocycles. The Morgan fingerprint density at radius 3 is 2.65 bits per heavy atom. The van der Waals surface area contributed by atoms with Crippen LogP contribution in [0.1, 0.15) is 30.6 Å². The van der Waals surface area contributed by atoms with Crippen LogP contribution in [0.2, 0.25) is 0 Å². The second-order valence-electron chi connectivity index (χ2n) is 4.73. The smallest absolute Gasteiger partial charge is 0.337 e. The number of anilines is 1. The number of rotatable bonds is 6. The van der Waals surface area contributed by atoms with Crippen molar-refractivity contribution in [1.82, 2.24) is 4.98 Å². The van der Waals surface area contributed by atoms with Crippen LogP contribution in [0.4, 0.5) is 5.82 Å². The Morgan fingerprint density at radius 1 is 1.47 bits per heavy atom. The van der Waals surface area contributed by atoms with Crippen LogP contribution >= 0.6 is 0 Å². The highest BCUT2D eigenvalue weighted by atomic mass is 16.4. The van der Waals surface area contributed by atoms with Crippen molar-refractivity contribution in [3.8, 4) is 0 Å². The Morgan fingerprint density at radius 2 is 2.18 bits per heavy atom. The average molecular weight is 238 g/mol. The van der Waals surface area contributed by atoms with Crippen molar-refractivity contribution in [3.63, 3.8) is 0 Å². The quantitative estimate of drug-likeness (QED) is 0.701. The van der Waals surface area contributed by atoms with Gasteiger partial charge in [-0.1, -0.05) is 13.8 Å². The number of carbonyl (C=O) groups is 1. The van der Waals surface area contributed by atoms with E-state index in [2.05, 4.69) is 10.3 Å². The molecule has 1 aromatic rings. The Bertz CT molecular complexity index is 374. The molecule has 0 aromatic carbocycles. The first-order chi connectivity index (χ1) is 7.94. The van der Waals surface area contributed by atoms with E-state index in [-0.39, 0.29) is 17.6 Å². The molecule has 1 aromatic heterocycles. The normalized spacial score (nSPS) is 11.2. The summed E-state index contributed by atoms with van der Waals surface area (Å²) in [5.74, 6) is -0.342. The fourth-order valence-corrected chi connectivity index (χ4v) is 1.35. The van der Waals surface area contributed by atoms with Crippen LogP contribution in [0.3, 0.4) is 0 Å². The number of hydrogen-bond donors (Lipinski definition) is 3. The molecule has 0 radical (unpaired) electrons. The molecule has 5 heteroatoms. The summed E-state index contributed by atoms with van der Waals surface area (Å²) in [5.41, 5.74) is 0.146. The molecule has 0 aliphatic carbocycles. The molecule has 0 unspecified atom stereocenters. The van der Waals surface area contributed by atoms with Gasteiger partial charge in [0.15, 0.2) is 0 Å². The molecule has 0 spiro atoms.